The number of nitrogens with one attached hydrogen (secondary N) is 2. The van der Waals surface area contributed by atoms with Gasteiger partial charge < -0.3 is 16.4 Å². The largest absolute Gasteiger partial charge is 0.332 e. The monoisotopic (exact) mass is 274 g/mol. The Balaban J connectivity index is 2.51. The standard InChI is InChI=1S/C10H12F2N4O3/c11-10(12,5-13)6-14-9(17)15-7-1-3-8(4-2-7)16(18)19/h1-4H,5-6,13H2,(H2,14,15,17). The van der Waals surface area contributed by atoms with E-state index in [1.807, 2.05) is 5.32 Å². The van der Waals surface area contributed by atoms with E-state index in [4.69, 9.17) is 5.73 Å². The molecule has 7 nitrogen and oxygen atoms in total. The molecular formula is C10H12F2N4O3. The highest BCUT2D eigenvalue weighted by molar-refractivity contribution is 5.89. The maximum Gasteiger partial charge on any atom is 0.319 e. The summed E-state index contributed by atoms with van der Waals surface area (Å²) in [6.07, 6.45) is 0. The quantitative estimate of drug-likeness (QED) is 0.555. The Labute approximate surface area is 106 Å². The van der Waals surface area contributed by atoms with Gasteiger partial charge in [-0.1, -0.05) is 0 Å². The number of alkyl halides is 2. The molecule has 0 aliphatic carbocycles. The van der Waals surface area contributed by atoms with Crippen LogP contribution in [0.5, 0.6) is 0 Å². The molecule has 0 aliphatic rings. The van der Waals surface area contributed by atoms with Crippen molar-refractivity contribution in [3.05, 3.63) is 34.4 Å². The van der Waals surface area contributed by atoms with Gasteiger partial charge in [-0.15, -0.1) is 0 Å². The van der Waals surface area contributed by atoms with Crippen LogP contribution in [0.25, 0.3) is 0 Å². The smallest absolute Gasteiger partial charge is 0.319 e. The Hall–Kier alpha value is -2.29. The topological polar surface area (TPSA) is 110 Å². The molecule has 1 rings (SSSR count). The van der Waals surface area contributed by atoms with Gasteiger partial charge in [0.25, 0.3) is 11.6 Å². The van der Waals surface area contributed by atoms with E-state index >= 15 is 0 Å². The molecule has 0 aliphatic heterocycles. The lowest BCUT2D eigenvalue weighted by Crippen LogP contribution is -2.43. The Morgan fingerprint density at radius 1 is 1.37 bits per heavy atom. The van der Waals surface area contributed by atoms with Crippen molar-refractivity contribution < 1.29 is 18.5 Å². The third-order valence-electron chi connectivity index (χ3n) is 2.14. The van der Waals surface area contributed by atoms with Gasteiger partial charge in [0.05, 0.1) is 18.0 Å². The second-order valence-electron chi connectivity index (χ2n) is 3.67. The van der Waals surface area contributed by atoms with Crippen LogP contribution in [0.15, 0.2) is 24.3 Å². The maximum atomic E-state index is 12.8. The van der Waals surface area contributed by atoms with E-state index in [1.165, 1.54) is 24.3 Å². The molecule has 1 aromatic rings. The van der Waals surface area contributed by atoms with Crippen molar-refractivity contribution in [3.63, 3.8) is 0 Å². The number of amides is 2. The van der Waals surface area contributed by atoms with Crippen molar-refractivity contribution in [2.45, 2.75) is 5.92 Å². The Bertz CT molecular complexity index is 464. The summed E-state index contributed by atoms with van der Waals surface area (Å²) in [5.41, 5.74) is 4.92. The number of carbonyl (C=O) groups excluding carboxylic acids is 1. The van der Waals surface area contributed by atoms with Crippen LogP contribution in [0.1, 0.15) is 0 Å². The van der Waals surface area contributed by atoms with Gasteiger partial charge >= 0.3 is 6.03 Å². The van der Waals surface area contributed by atoms with E-state index in [-0.39, 0.29) is 11.4 Å². The van der Waals surface area contributed by atoms with Crippen LogP contribution >= 0.6 is 0 Å². The number of anilines is 1. The predicted molar refractivity (Wildman–Crippen MR) is 64.1 cm³/mol. The highest BCUT2D eigenvalue weighted by Crippen LogP contribution is 2.15. The first-order valence-corrected chi connectivity index (χ1v) is 5.21. The molecule has 1 aromatic carbocycles. The second-order valence-corrected chi connectivity index (χ2v) is 3.67. The number of hydrogen-bond acceptors (Lipinski definition) is 4. The average molecular weight is 274 g/mol. The van der Waals surface area contributed by atoms with Crippen LogP contribution < -0.4 is 16.4 Å². The first-order chi connectivity index (χ1) is 8.84. The molecule has 0 bridgehead atoms. The molecular weight excluding hydrogens is 262 g/mol. The van der Waals surface area contributed by atoms with Gasteiger partial charge in [0.1, 0.15) is 0 Å². The summed E-state index contributed by atoms with van der Waals surface area (Å²) in [5, 5.41) is 14.6. The summed E-state index contributed by atoms with van der Waals surface area (Å²) in [6, 6.07) is 4.10. The summed E-state index contributed by atoms with van der Waals surface area (Å²) < 4.78 is 25.5. The number of benzene rings is 1. The van der Waals surface area contributed by atoms with Gasteiger partial charge in [-0.3, -0.25) is 10.1 Å². The maximum absolute atomic E-state index is 12.8. The summed E-state index contributed by atoms with van der Waals surface area (Å²) >= 11 is 0. The number of nitrogens with zero attached hydrogens (tertiary/aromatic N) is 1. The lowest BCUT2D eigenvalue weighted by molar-refractivity contribution is -0.384. The molecule has 0 heterocycles. The zero-order valence-corrected chi connectivity index (χ0v) is 9.73. The Morgan fingerprint density at radius 2 is 1.95 bits per heavy atom. The lowest BCUT2D eigenvalue weighted by Gasteiger charge is -2.14. The lowest BCUT2D eigenvalue weighted by atomic mass is 10.3. The van der Waals surface area contributed by atoms with Crippen molar-refractivity contribution in [3.8, 4) is 0 Å². The van der Waals surface area contributed by atoms with Crippen LogP contribution in [-0.2, 0) is 0 Å². The third-order valence-corrected chi connectivity index (χ3v) is 2.14. The van der Waals surface area contributed by atoms with Gasteiger partial charge in [0.15, 0.2) is 0 Å². The summed E-state index contributed by atoms with van der Waals surface area (Å²) in [7, 11) is 0. The molecule has 0 radical (unpaired) electrons. The molecule has 0 aromatic heterocycles. The minimum atomic E-state index is -3.17. The highest BCUT2D eigenvalue weighted by atomic mass is 19.3. The van der Waals surface area contributed by atoms with E-state index < -0.39 is 30.0 Å². The van der Waals surface area contributed by atoms with Crippen LogP contribution in [0, 0.1) is 10.1 Å². The molecule has 0 fully saturated rings. The number of nitrogens with two attached hydrogens (primary N) is 1. The van der Waals surface area contributed by atoms with Crippen LogP contribution in [-0.4, -0.2) is 30.0 Å². The Morgan fingerprint density at radius 3 is 2.42 bits per heavy atom. The fraction of sp³-hybridized carbons (Fsp3) is 0.300. The normalized spacial score (nSPS) is 10.9. The van der Waals surface area contributed by atoms with Gasteiger partial charge in [0, 0.05) is 17.8 Å². The first kappa shape index (κ1) is 14.8. The fourth-order valence-electron chi connectivity index (χ4n) is 1.12. The van der Waals surface area contributed by atoms with E-state index in [1.54, 1.807) is 0 Å². The van der Waals surface area contributed by atoms with Crippen LogP contribution in [0.2, 0.25) is 0 Å². The number of rotatable bonds is 5. The molecule has 19 heavy (non-hydrogen) atoms. The SMILES string of the molecule is NCC(F)(F)CNC(=O)Nc1ccc([N+](=O)[O-])cc1. The molecule has 9 heteroatoms. The zero-order valence-electron chi connectivity index (χ0n) is 9.73. The third kappa shape index (κ3) is 4.84. The predicted octanol–water partition coefficient (Wildman–Crippen LogP) is 1.31. The molecule has 2 amide bonds. The number of nitro benzene ring substituents is 1. The number of nitro groups is 1. The van der Waals surface area contributed by atoms with Crippen molar-refractivity contribution >= 4 is 17.4 Å². The Kier molecular flexibility index (Phi) is 4.70. The van der Waals surface area contributed by atoms with E-state index in [2.05, 4.69) is 5.32 Å². The fourth-order valence-corrected chi connectivity index (χ4v) is 1.12. The molecule has 0 unspecified atom stereocenters. The summed E-state index contributed by atoms with van der Waals surface area (Å²) in [4.78, 5) is 21.1. The number of urea groups is 1. The van der Waals surface area contributed by atoms with Gasteiger partial charge in [-0.2, -0.15) is 0 Å². The molecule has 4 N–H and O–H groups in total. The van der Waals surface area contributed by atoms with Crippen LogP contribution in [0.4, 0.5) is 25.0 Å². The van der Waals surface area contributed by atoms with Crippen molar-refractivity contribution in [2.24, 2.45) is 5.73 Å². The van der Waals surface area contributed by atoms with E-state index in [9.17, 15) is 23.7 Å². The van der Waals surface area contributed by atoms with Crippen molar-refractivity contribution in [2.75, 3.05) is 18.4 Å². The van der Waals surface area contributed by atoms with Crippen LogP contribution in [0.3, 0.4) is 0 Å². The molecule has 0 spiro atoms. The molecule has 0 saturated carbocycles. The zero-order chi connectivity index (χ0) is 14.5. The van der Waals surface area contributed by atoms with E-state index in [0.29, 0.717) is 0 Å². The molecule has 0 saturated heterocycles. The van der Waals surface area contributed by atoms with Crippen molar-refractivity contribution in [1.29, 1.82) is 0 Å². The minimum absolute atomic E-state index is 0.138. The highest BCUT2D eigenvalue weighted by Gasteiger charge is 2.27. The van der Waals surface area contributed by atoms with Gasteiger partial charge in [0.2, 0.25) is 0 Å². The van der Waals surface area contributed by atoms with Gasteiger partial charge in [-0.25, -0.2) is 13.6 Å². The second kappa shape index (κ2) is 6.05. The van der Waals surface area contributed by atoms with E-state index in [0.717, 1.165) is 0 Å². The average Bonchev–Trinajstić information content (AvgIpc) is 2.37. The van der Waals surface area contributed by atoms with Gasteiger partial charge in [-0.05, 0) is 12.1 Å². The number of hydrogen-bond donors (Lipinski definition) is 3. The number of carbonyl (C=O) groups is 1. The minimum Gasteiger partial charge on any atom is -0.332 e. The number of non-ortho nitro benzene ring substituents is 1. The molecule has 104 valence electrons. The first-order valence-electron chi connectivity index (χ1n) is 5.21. The molecule has 0 atom stereocenters. The number of halogens is 2. The van der Waals surface area contributed by atoms with Crippen molar-refractivity contribution in [1.82, 2.24) is 5.32 Å². The summed E-state index contributed by atoms with van der Waals surface area (Å²) in [5.74, 6) is -3.17. The summed E-state index contributed by atoms with van der Waals surface area (Å²) in [6.45, 7) is -1.76.